The molecule has 8 nitrogen and oxygen atoms in total. The molecule has 172 valence electrons. The number of benzene rings is 2. The maximum Gasteiger partial charge on any atom is 0.290 e. The zero-order chi connectivity index (χ0) is 24.0. The summed E-state index contributed by atoms with van der Waals surface area (Å²) >= 11 is 0. The lowest BCUT2D eigenvalue weighted by Gasteiger charge is -2.26. The molecule has 8 heteroatoms. The second-order valence-electron chi connectivity index (χ2n) is 7.89. The predicted molar refractivity (Wildman–Crippen MR) is 123 cm³/mol. The van der Waals surface area contributed by atoms with Crippen molar-refractivity contribution in [1.82, 2.24) is 4.90 Å². The van der Waals surface area contributed by atoms with E-state index in [4.69, 9.17) is 4.74 Å². The number of ketones is 1. The van der Waals surface area contributed by atoms with E-state index in [1.807, 2.05) is 44.2 Å². The van der Waals surface area contributed by atoms with Gasteiger partial charge in [-0.2, -0.15) is 0 Å². The number of rotatable bonds is 10. The summed E-state index contributed by atoms with van der Waals surface area (Å²) in [6.07, 6.45) is 3.47. The van der Waals surface area contributed by atoms with Crippen molar-refractivity contribution < 1.29 is 24.4 Å². The van der Waals surface area contributed by atoms with Crippen molar-refractivity contribution >= 4 is 23.5 Å². The molecule has 33 heavy (non-hydrogen) atoms. The first-order valence-corrected chi connectivity index (χ1v) is 10.7. The molecule has 3 rings (SSSR count). The number of carbonyl (C=O) groups excluding carboxylic acids is 2. The number of aliphatic hydroxyl groups is 1. The third kappa shape index (κ3) is 5.72. The molecule has 1 atom stereocenters. The van der Waals surface area contributed by atoms with E-state index in [0.717, 1.165) is 5.56 Å². The topological polar surface area (TPSA) is 110 Å². The highest BCUT2D eigenvalue weighted by Gasteiger charge is 2.42. The minimum Gasteiger partial charge on any atom is -0.503 e. The molecular weight excluding hydrogens is 424 g/mol. The second-order valence-corrected chi connectivity index (χ2v) is 7.89. The standard InChI is InChI=1S/C25H26N2O6/c1-17(2)33-16-6-15-26-23(19-10-12-20(13-11-19)27(31)32)22(24(29)25(26)30)21(28)14-9-18-7-4-3-5-8-18/h3-5,7-14,17,23,29H,6,15-16H2,1-2H3/b14-9+/t23-/m0/s1. The van der Waals surface area contributed by atoms with Crippen molar-refractivity contribution in [2.75, 3.05) is 13.2 Å². The quantitative estimate of drug-likeness (QED) is 0.249. The molecule has 0 saturated carbocycles. The average Bonchev–Trinajstić information content (AvgIpc) is 3.06. The van der Waals surface area contributed by atoms with Crippen LogP contribution in [0, 0.1) is 10.1 Å². The van der Waals surface area contributed by atoms with Gasteiger partial charge in [0.2, 0.25) is 0 Å². The van der Waals surface area contributed by atoms with Crippen LogP contribution in [-0.2, 0) is 14.3 Å². The number of nitro groups is 1. The zero-order valence-electron chi connectivity index (χ0n) is 18.5. The maximum atomic E-state index is 13.1. The first-order valence-electron chi connectivity index (χ1n) is 10.7. The molecule has 0 unspecified atom stereocenters. The highest BCUT2D eigenvalue weighted by atomic mass is 16.6. The molecule has 0 bridgehead atoms. The SMILES string of the molecule is CC(C)OCCCN1C(=O)C(O)=C(C(=O)/C=C/c2ccccc2)[C@@H]1c1ccc([N+](=O)[O-])cc1. The number of nitro benzene ring substituents is 1. The number of allylic oxidation sites excluding steroid dienone is 1. The summed E-state index contributed by atoms with van der Waals surface area (Å²) in [6.45, 7) is 4.47. The summed E-state index contributed by atoms with van der Waals surface area (Å²) in [7, 11) is 0. The van der Waals surface area contributed by atoms with Crippen molar-refractivity contribution in [3.8, 4) is 0 Å². The lowest BCUT2D eigenvalue weighted by atomic mass is 9.95. The molecule has 0 aromatic heterocycles. The van der Waals surface area contributed by atoms with Crippen LogP contribution in [0.25, 0.3) is 6.08 Å². The van der Waals surface area contributed by atoms with Crippen LogP contribution in [0.5, 0.6) is 0 Å². The van der Waals surface area contributed by atoms with Crippen LogP contribution in [0.1, 0.15) is 37.4 Å². The number of aliphatic hydroxyl groups excluding tert-OH is 1. The van der Waals surface area contributed by atoms with E-state index >= 15 is 0 Å². The van der Waals surface area contributed by atoms with Gasteiger partial charge in [0.25, 0.3) is 11.6 Å². The summed E-state index contributed by atoms with van der Waals surface area (Å²) in [5.74, 6) is -1.76. The number of nitrogens with zero attached hydrogens (tertiary/aromatic N) is 2. The molecule has 1 N–H and O–H groups in total. The third-order valence-electron chi connectivity index (χ3n) is 5.21. The molecule has 0 radical (unpaired) electrons. The number of carbonyl (C=O) groups is 2. The molecule has 1 heterocycles. The first kappa shape index (κ1) is 23.9. The van der Waals surface area contributed by atoms with Crippen LogP contribution in [0.3, 0.4) is 0 Å². The molecule has 1 amide bonds. The van der Waals surface area contributed by atoms with Gasteiger partial charge in [-0.15, -0.1) is 0 Å². The van der Waals surface area contributed by atoms with Gasteiger partial charge < -0.3 is 14.7 Å². The van der Waals surface area contributed by atoms with E-state index in [2.05, 4.69) is 0 Å². The number of hydrogen-bond donors (Lipinski definition) is 1. The van der Waals surface area contributed by atoms with Crippen molar-refractivity contribution in [3.05, 3.63) is 93.2 Å². The lowest BCUT2D eigenvalue weighted by molar-refractivity contribution is -0.384. The van der Waals surface area contributed by atoms with Crippen LogP contribution in [0.15, 0.2) is 72.0 Å². The van der Waals surface area contributed by atoms with Gasteiger partial charge in [-0.1, -0.05) is 36.4 Å². The van der Waals surface area contributed by atoms with Crippen LogP contribution in [0.4, 0.5) is 5.69 Å². The third-order valence-corrected chi connectivity index (χ3v) is 5.21. The summed E-state index contributed by atoms with van der Waals surface area (Å²) in [5, 5.41) is 21.6. The van der Waals surface area contributed by atoms with E-state index in [1.54, 1.807) is 6.08 Å². The smallest absolute Gasteiger partial charge is 0.290 e. The molecule has 0 aliphatic carbocycles. The van der Waals surface area contributed by atoms with Crippen LogP contribution < -0.4 is 0 Å². The average molecular weight is 450 g/mol. The molecule has 0 fully saturated rings. The maximum absolute atomic E-state index is 13.1. The van der Waals surface area contributed by atoms with Gasteiger partial charge >= 0.3 is 0 Å². The molecule has 2 aromatic carbocycles. The van der Waals surface area contributed by atoms with Crippen LogP contribution in [0.2, 0.25) is 0 Å². The van der Waals surface area contributed by atoms with E-state index in [1.165, 1.54) is 35.2 Å². The van der Waals surface area contributed by atoms with E-state index in [9.17, 15) is 24.8 Å². The van der Waals surface area contributed by atoms with Gasteiger partial charge in [0.1, 0.15) is 0 Å². The number of amides is 1. The van der Waals surface area contributed by atoms with Gasteiger partial charge in [0.05, 0.1) is 22.6 Å². The Hall–Kier alpha value is -3.78. The summed E-state index contributed by atoms with van der Waals surface area (Å²) in [4.78, 5) is 37.9. The number of non-ortho nitro benzene ring substituents is 1. The Labute approximate surface area is 191 Å². The highest BCUT2D eigenvalue weighted by molar-refractivity contribution is 6.14. The second kappa shape index (κ2) is 10.7. The van der Waals surface area contributed by atoms with Crippen molar-refractivity contribution in [2.24, 2.45) is 0 Å². The van der Waals surface area contributed by atoms with Gasteiger partial charge in [-0.3, -0.25) is 19.7 Å². The minimum atomic E-state index is -0.856. The Morgan fingerprint density at radius 1 is 1.18 bits per heavy atom. The largest absolute Gasteiger partial charge is 0.503 e. The Kier molecular flexibility index (Phi) is 7.74. The summed E-state index contributed by atoms with van der Waals surface area (Å²) < 4.78 is 5.54. The van der Waals surface area contributed by atoms with Gasteiger partial charge in [0.15, 0.2) is 11.5 Å². The van der Waals surface area contributed by atoms with Crippen LogP contribution in [-0.4, -0.2) is 45.9 Å². The lowest BCUT2D eigenvalue weighted by Crippen LogP contribution is -2.32. The van der Waals surface area contributed by atoms with E-state index in [-0.39, 0.29) is 23.9 Å². The van der Waals surface area contributed by atoms with Gasteiger partial charge in [0, 0.05) is 25.3 Å². The number of ether oxygens (including phenoxy) is 1. The molecule has 1 aliphatic heterocycles. The van der Waals surface area contributed by atoms with Crippen LogP contribution >= 0.6 is 0 Å². The van der Waals surface area contributed by atoms with Crippen molar-refractivity contribution in [1.29, 1.82) is 0 Å². The number of hydrogen-bond acceptors (Lipinski definition) is 6. The fourth-order valence-electron chi connectivity index (χ4n) is 3.64. The van der Waals surface area contributed by atoms with Gasteiger partial charge in [-0.05, 0) is 49.6 Å². The normalized spacial score (nSPS) is 16.3. The Balaban J connectivity index is 1.92. The molecule has 1 aliphatic rings. The predicted octanol–water partition coefficient (Wildman–Crippen LogP) is 4.39. The molecule has 0 spiro atoms. The van der Waals surface area contributed by atoms with E-state index < -0.39 is 28.4 Å². The Bertz CT molecular complexity index is 1070. The van der Waals surface area contributed by atoms with E-state index in [0.29, 0.717) is 18.6 Å². The summed E-state index contributed by atoms with van der Waals surface area (Å²) in [5.41, 5.74) is 1.14. The highest BCUT2D eigenvalue weighted by Crippen LogP contribution is 2.38. The minimum absolute atomic E-state index is 0.0385. The molecule has 2 aromatic rings. The molecular formula is C25H26N2O6. The fraction of sp³-hybridized carbons (Fsp3) is 0.280. The molecule has 0 saturated heterocycles. The van der Waals surface area contributed by atoms with Crippen molar-refractivity contribution in [3.63, 3.8) is 0 Å². The Morgan fingerprint density at radius 3 is 2.45 bits per heavy atom. The Morgan fingerprint density at radius 2 is 1.85 bits per heavy atom. The summed E-state index contributed by atoms with van der Waals surface area (Å²) in [6, 6.07) is 14.0. The monoisotopic (exact) mass is 450 g/mol. The fourth-order valence-corrected chi connectivity index (χ4v) is 3.64. The van der Waals surface area contributed by atoms with Gasteiger partial charge in [-0.25, -0.2) is 0 Å². The zero-order valence-corrected chi connectivity index (χ0v) is 18.5. The first-order chi connectivity index (χ1) is 15.8. The van der Waals surface area contributed by atoms with Crippen molar-refractivity contribution in [2.45, 2.75) is 32.4 Å².